The lowest BCUT2D eigenvalue weighted by molar-refractivity contribution is 0.113. The summed E-state index contributed by atoms with van der Waals surface area (Å²) in [5.41, 5.74) is 0.372. The van der Waals surface area contributed by atoms with Crippen LogP contribution in [0.3, 0.4) is 0 Å². The van der Waals surface area contributed by atoms with Crippen LogP contribution < -0.4 is 0 Å². The second-order valence-electron chi connectivity index (χ2n) is 2.64. The number of rotatable bonds is 4. The van der Waals surface area contributed by atoms with Gasteiger partial charge in [-0.15, -0.1) is 11.8 Å². The number of aliphatic hydroxyl groups excluding tert-OH is 2. The Morgan fingerprint density at radius 3 is 2.86 bits per heavy atom. The summed E-state index contributed by atoms with van der Waals surface area (Å²) in [6.45, 7) is -0.239. The predicted octanol–water partition coefficient (Wildman–Crippen LogP) is 0.399. The molecule has 0 spiro atoms. The highest BCUT2D eigenvalue weighted by Gasteiger charge is 2.03. The Labute approximate surface area is 86.2 Å². The van der Waals surface area contributed by atoms with Gasteiger partial charge in [0.25, 0.3) is 0 Å². The van der Waals surface area contributed by atoms with Crippen LogP contribution in [0.2, 0.25) is 0 Å². The molecule has 0 aliphatic carbocycles. The van der Waals surface area contributed by atoms with Crippen molar-refractivity contribution in [2.75, 3.05) is 12.4 Å². The molecule has 0 saturated carbocycles. The van der Waals surface area contributed by atoms with Crippen LogP contribution in [0, 0.1) is 11.3 Å². The van der Waals surface area contributed by atoms with Crippen molar-refractivity contribution in [3.8, 4) is 6.07 Å². The third-order valence-electron chi connectivity index (χ3n) is 1.50. The standard InChI is InChI=1S/C9H10N2O2S/c10-3-7-1-2-9(4-11-7)14-6-8(13)5-12/h1-2,4,8,12-13H,5-6H2. The Morgan fingerprint density at radius 2 is 2.36 bits per heavy atom. The van der Waals surface area contributed by atoms with Crippen LogP contribution in [-0.2, 0) is 0 Å². The van der Waals surface area contributed by atoms with Crippen LogP contribution in [0.4, 0.5) is 0 Å². The van der Waals surface area contributed by atoms with Crippen LogP contribution >= 0.6 is 11.8 Å². The zero-order chi connectivity index (χ0) is 10.4. The molecular formula is C9H10N2O2S. The van der Waals surface area contributed by atoms with Crippen molar-refractivity contribution in [1.82, 2.24) is 4.98 Å². The number of nitriles is 1. The van der Waals surface area contributed by atoms with E-state index in [0.29, 0.717) is 11.4 Å². The summed E-state index contributed by atoms with van der Waals surface area (Å²) in [5, 5.41) is 26.1. The lowest BCUT2D eigenvalue weighted by Crippen LogP contribution is -2.14. The average molecular weight is 210 g/mol. The molecule has 0 saturated heterocycles. The fourth-order valence-electron chi connectivity index (χ4n) is 0.777. The molecule has 0 amide bonds. The lowest BCUT2D eigenvalue weighted by Gasteiger charge is -2.05. The van der Waals surface area contributed by atoms with Crippen LogP contribution in [0.25, 0.3) is 0 Å². The summed E-state index contributed by atoms with van der Waals surface area (Å²) in [5.74, 6) is 0.421. The van der Waals surface area contributed by atoms with E-state index in [9.17, 15) is 0 Å². The van der Waals surface area contributed by atoms with E-state index in [0.717, 1.165) is 4.90 Å². The van der Waals surface area contributed by atoms with Gasteiger partial charge in [0, 0.05) is 16.8 Å². The van der Waals surface area contributed by atoms with Gasteiger partial charge >= 0.3 is 0 Å². The number of aromatic nitrogens is 1. The van der Waals surface area contributed by atoms with Gasteiger partial charge in [-0.25, -0.2) is 4.98 Å². The van der Waals surface area contributed by atoms with E-state index >= 15 is 0 Å². The second-order valence-corrected chi connectivity index (χ2v) is 3.73. The minimum absolute atomic E-state index is 0.239. The smallest absolute Gasteiger partial charge is 0.140 e. The monoisotopic (exact) mass is 210 g/mol. The highest BCUT2D eigenvalue weighted by Crippen LogP contribution is 2.17. The fourth-order valence-corrected chi connectivity index (χ4v) is 1.56. The van der Waals surface area contributed by atoms with Gasteiger partial charge in [0.05, 0.1) is 12.7 Å². The van der Waals surface area contributed by atoms with Crippen LogP contribution in [-0.4, -0.2) is 33.7 Å². The second kappa shape index (κ2) is 5.60. The molecule has 5 heteroatoms. The molecule has 1 aromatic heterocycles. The molecule has 0 aromatic carbocycles. The summed E-state index contributed by atoms with van der Waals surface area (Å²) >= 11 is 1.39. The van der Waals surface area contributed by atoms with Crippen molar-refractivity contribution in [2.45, 2.75) is 11.0 Å². The maximum absolute atomic E-state index is 9.08. The number of hydrogen-bond acceptors (Lipinski definition) is 5. The number of aliphatic hydroxyl groups is 2. The minimum Gasteiger partial charge on any atom is -0.394 e. The van der Waals surface area contributed by atoms with Gasteiger partial charge in [0.15, 0.2) is 0 Å². The van der Waals surface area contributed by atoms with Crippen molar-refractivity contribution in [3.63, 3.8) is 0 Å². The van der Waals surface area contributed by atoms with Gasteiger partial charge in [-0.3, -0.25) is 0 Å². The van der Waals surface area contributed by atoms with E-state index in [1.54, 1.807) is 18.3 Å². The molecule has 14 heavy (non-hydrogen) atoms. The molecule has 0 radical (unpaired) electrons. The molecule has 1 heterocycles. The van der Waals surface area contributed by atoms with Crippen LogP contribution in [0.5, 0.6) is 0 Å². The maximum atomic E-state index is 9.08. The minimum atomic E-state index is -0.712. The van der Waals surface area contributed by atoms with E-state index in [1.165, 1.54) is 11.8 Å². The van der Waals surface area contributed by atoms with Crippen molar-refractivity contribution in [3.05, 3.63) is 24.0 Å². The number of hydrogen-bond donors (Lipinski definition) is 2. The van der Waals surface area contributed by atoms with Crippen LogP contribution in [0.15, 0.2) is 23.2 Å². The summed E-state index contributed by atoms with van der Waals surface area (Å²) in [7, 11) is 0. The van der Waals surface area contributed by atoms with E-state index in [1.807, 2.05) is 6.07 Å². The highest BCUT2D eigenvalue weighted by atomic mass is 32.2. The molecule has 0 aliphatic rings. The topological polar surface area (TPSA) is 77.1 Å². The Morgan fingerprint density at radius 1 is 1.57 bits per heavy atom. The molecular weight excluding hydrogens is 200 g/mol. The Kier molecular flexibility index (Phi) is 4.40. The van der Waals surface area contributed by atoms with Crippen molar-refractivity contribution in [2.24, 2.45) is 0 Å². The highest BCUT2D eigenvalue weighted by molar-refractivity contribution is 7.99. The normalized spacial score (nSPS) is 12.1. The number of thioether (sulfide) groups is 1. The van der Waals surface area contributed by atoms with E-state index < -0.39 is 6.10 Å². The molecule has 0 aliphatic heterocycles. The van der Waals surface area contributed by atoms with E-state index in [2.05, 4.69) is 4.98 Å². The molecule has 1 unspecified atom stereocenters. The van der Waals surface area contributed by atoms with Gasteiger partial charge in [0.2, 0.25) is 0 Å². The van der Waals surface area contributed by atoms with Gasteiger partial charge < -0.3 is 10.2 Å². The Balaban J connectivity index is 2.49. The fraction of sp³-hybridized carbons (Fsp3) is 0.333. The molecule has 1 atom stereocenters. The first kappa shape index (κ1) is 11.0. The third-order valence-corrected chi connectivity index (χ3v) is 2.63. The van der Waals surface area contributed by atoms with E-state index in [-0.39, 0.29) is 6.61 Å². The van der Waals surface area contributed by atoms with Crippen molar-refractivity contribution >= 4 is 11.8 Å². The number of nitrogens with zero attached hydrogens (tertiary/aromatic N) is 2. The van der Waals surface area contributed by atoms with Gasteiger partial charge in [-0.05, 0) is 12.1 Å². The molecule has 1 rings (SSSR count). The Bertz CT molecular complexity index is 321. The zero-order valence-corrected chi connectivity index (χ0v) is 8.24. The van der Waals surface area contributed by atoms with Crippen LogP contribution in [0.1, 0.15) is 5.69 Å². The molecule has 2 N–H and O–H groups in total. The summed E-state index contributed by atoms with van der Waals surface area (Å²) in [6, 6.07) is 5.30. The lowest BCUT2D eigenvalue weighted by atomic mass is 10.4. The molecule has 74 valence electrons. The molecule has 0 fully saturated rings. The molecule has 1 aromatic rings. The molecule has 4 nitrogen and oxygen atoms in total. The quantitative estimate of drug-likeness (QED) is 0.703. The SMILES string of the molecule is N#Cc1ccc(SCC(O)CO)cn1. The third kappa shape index (κ3) is 3.34. The molecule has 0 bridgehead atoms. The van der Waals surface area contributed by atoms with Gasteiger partial charge in [-0.1, -0.05) is 0 Å². The zero-order valence-electron chi connectivity index (χ0n) is 7.42. The van der Waals surface area contributed by atoms with E-state index in [4.69, 9.17) is 15.5 Å². The maximum Gasteiger partial charge on any atom is 0.140 e. The first-order chi connectivity index (χ1) is 6.76. The number of pyridine rings is 1. The summed E-state index contributed by atoms with van der Waals surface area (Å²) in [4.78, 5) is 4.75. The van der Waals surface area contributed by atoms with Crippen molar-refractivity contribution in [1.29, 1.82) is 5.26 Å². The first-order valence-corrected chi connectivity index (χ1v) is 5.02. The van der Waals surface area contributed by atoms with Crippen molar-refractivity contribution < 1.29 is 10.2 Å². The average Bonchev–Trinajstić information content (AvgIpc) is 2.26. The summed E-state index contributed by atoms with van der Waals surface area (Å²) in [6.07, 6.45) is 0.864. The first-order valence-electron chi connectivity index (χ1n) is 4.04. The van der Waals surface area contributed by atoms with Gasteiger partial charge in [-0.2, -0.15) is 5.26 Å². The predicted molar refractivity (Wildman–Crippen MR) is 52.8 cm³/mol. The van der Waals surface area contributed by atoms with Gasteiger partial charge in [0.1, 0.15) is 11.8 Å². The summed E-state index contributed by atoms with van der Waals surface area (Å²) < 4.78 is 0. The Hall–Kier alpha value is -1.09. The largest absolute Gasteiger partial charge is 0.394 e.